The molecule has 0 aliphatic carbocycles. The van der Waals surface area contributed by atoms with E-state index < -0.39 is 0 Å². The van der Waals surface area contributed by atoms with E-state index in [1.807, 2.05) is 0 Å². The molecule has 0 spiro atoms. The maximum atomic E-state index is 11.9. The van der Waals surface area contributed by atoms with E-state index in [9.17, 15) is 9.59 Å². The van der Waals surface area contributed by atoms with Crippen LogP contribution in [0.4, 0.5) is 0 Å². The Morgan fingerprint density at radius 3 is 2.20 bits per heavy atom. The van der Waals surface area contributed by atoms with Crippen molar-refractivity contribution in [2.75, 3.05) is 13.1 Å². The van der Waals surface area contributed by atoms with Crippen LogP contribution in [0.3, 0.4) is 0 Å². The molecule has 20 heavy (non-hydrogen) atoms. The Morgan fingerprint density at radius 2 is 1.55 bits per heavy atom. The van der Waals surface area contributed by atoms with Crippen LogP contribution >= 0.6 is 0 Å². The standard InChI is InChI=1S/C16H20N2O2/c19-15-6-5-14(16(20)18-15)13-3-1-11(2-4-13)12-7-9-17-10-8-12/h1-4,12,14,17H,5-10H2,(H,18,19,20). The van der Waals surface area contributed by atoms with Crippen LogP contribution in [0.2, 0.25) is 0 Å². The van der Waals surface area contributed by atoms with Crippen molar-refractivity contribution in [3.63, 3.8) is 0 Å². The van der Waals surface area contributed by atoms with Crippen molar-refractivity contribution in [3.8, 4) is 0 Å². The fourth-order valence-corrected chi connectivity index (χ4v) is 3.17. The molecule has 1 aromatic rings. The highest BCUT2D eigenvalue weighted by atomic mass is 16.2. The maximum Gasteiger partial charge on any atom is 0.234 e. The molecule has 0 radical (unpaired) electrons. The lowest BCUT2D eigenvalue weighted by molar-refractivity contribution is -0.134. The quantitative estimate of drug-likeness (QED) is 0.805. The number of carbonyl (C=O) groups excluding carboxylic acids is 2. The van der Waals surface area contributed by atoms with Crippen LogP contribution in [-0.4, -0.2) is 24.9 Å². The minimum atomic E-state index is -0.172. The van der Waals surface area contributed by atoms with E-state index in [0.29, 0.717) is 18.8 Å². The highest BCUT2D eigenvalue weighted by Crippen LogP contribution is 2.29. The maximum absolute atomic E-state index is 11.9. The van der Waals surface area contributed by atoms with Crippen molar-refractivity contribution in [3.05, 3.63) is 35.4 Å². The van der Waals surface area contributed by atoms with Crippen LogP contribution in [0, 0.1) is 0 Å². The molecule has 1 aromatic carbocycles. The van der Waals surface area contributed by atoms with Gasteiger partial charge in [-0.05, 0) is 49.4 Å². The van der Waals surface area contributed by atoms with Crippen molar-refractivity contribution < 1.29 is 9.59 Å². The minimum absolute atomic E-state index is 0.155. The number of benzene rings is 1. The number of rotatable bonds is 2. The number of piperidine rings is 2. The molecule has 106 valence electrons. The van der Waals surface area contributed by atoms with Gasteiger partial charge in [-0.2, -0.15) is 0 Å². The third-order valence-corrected chi connectivity index (χ3v) is 4.39. The third kappa shape index (κ3) is 2.75. The molecule has 1 atom stereocenters. The molecule has 2 heterocycles. The smallest absolute Gasteiger partial charge is 0.234 e. The Labute approximate surface area is 118 Å². The molecule has 2 fully saturated rings. The van der Waals surface area contributed by atoms with Crippen molar-refractivity contribution in [2.45, 2.75) is 37.5 Å². The second-order valence-electron chi connectivity index (χ2n) is 5.69. The second-order valence-corrected chi connectivity index (χ2v) is 5.69. The van der Waals surface area contributed by atoms with Gasteiger partial charge in [0.25, 0.3) is 0 Å². The summed E-state index contributed by atoms with van der Waals surface area (Å²) in [4.78, 5) is 23.0. The molecule has 1 unspecified atom stereocenters. The van der Waals surface area contributed by atoms with Gasteiger partial charge < -0.3 is 5.32 Å². The van der Waals surface area contributed by atoms with Crippen LogP contribution in [0.25, 0.3) is 0 Å². The van der Waals surface area contributed by atoms with E-state index in [4.69, 9.17) is 0 Å². The summed E-state index contributed by atoms with van der Waals surface area (Å²) in [6.07, 6.45) is 3.42. The van der Waals surface area contributed by atoms with E-state index in [-0.39, 0.29) is 17.7 Å². The molecular formula is C16H20N2O2. The molecular weight excluding hydrogens is 252 g/mol. The van der Waals surface area contributed by atoms with E-state index in [0.717, 1.165) is 18.7 Å². The topological polar surface area (TPSA) is 58.2 Å². The summed E-state index contributed by atoms with van der Waals surface area (Å²) < 4.78 is 0. The number of amides is 2. The van der Waals surface area contributed by atoms with Crippen molar-refractivity contribution in [1.29, 1.82) is 0 Å². The first-order chi connectivity index (χ1) is 9.74. The number of hydrogen-bond acceptors (Lipinski definition) is 3. The van der Waals surface area contributed by atoms with Crippen molar-refractivity contribution >= 4 is 11.8 Å². The van der Waals surface area contributed by atoms with E-state index in [1.165, 1.54) is 18.4 Å². The Balaban J connectivity index is 1.72. The van der Waals surface area contributed by atoms with E-state index >= 15 is 0 Å². The second kappa shape index (κ2) is 5.75. The van der Waals surface area contributed by atoms with Gasteiger partial charge in [-0.25, -0.2) is 0 Å². The third-order valence-electron chi connectivity index (χ3n) is 4.39. The zero-order valence-electron chi connectivity index (χ0n) is 11.5. The molecule has 2 aliphatic rings. The van der Waals surface area contributed by atoms with E-state index in [2.05, 4.69) is 34.9 Å². The predicted molar refractivity (Wildman–Crippen MR) is 76.4 cm³/mol. The van der Waals surface area contributed by atoms with Gasteiger partial charge in [0.2, 0.25) is 11.8 Å². The number of nitrogens with one attached hydrogen (secondary N) is 2. The highest BCUT2D eigenvalue weighted by Gasteiger charge is 2.28. The molecule has 4 nitrogen and oxygen atoms in total. The average Bonchev–Trinajstić information content (AvgIpc) is 2.48. The van der Waals surface area contributed by atoms with Gasteiger partial charge >= 0.3 is 0 Å². The predicted octanol–water partition coefficient (Wildman–Crippen LogP) is 1.67. The first-order valence-electron chi connectivity index (χ1n) is 7.38. The molecule has 0 aromatic heterocycles. The van der Waals surface area contributed by atoms with Gasteiger partial charge in [0.05, 0.1) is 5.92 Å². The molecule has 2 aliphatic heterocycles. The molecule has 2 saturated heterocycles. The largest absolute Gasteiger partial charge is 0.317 e. The lowest BCUT2D eigenvalue weighted by Gasteiger charge is -2.24. The summed E-state index contributed by atoms with van der Waals surface area (Å²) >= 11 is 0. The Morgan fingerprint density at radius 1 is 0.900 bits per heavy atom. The zero-order valence-corrected chi connectivity index (χ0v) is 11.5. The molecule has 0 saturated carbocycles. The van der Waals surface area contributed by atoms with E-state index in [1.54, 1.807) is 0 Å². The van der Waals surface area contributed by atoms with Crippen LogP contribution in [0.15, 0.2) is 24.3 Å². The summed E-state index contributed by atoms with van der Waals surface area (Å²) in [6, 6.07) is 8.40. The number of hydrogen-bond donors (Lipinski definition) is 2. The normalized spacial score (nSPS) is 24.5. The van der Waals surface area contributed by atoms with Gasteiger partial charge in [0, 0.05) is 6.42 Å². The first kappa shape index (κ1) is 13.3. The van der Waals surface area contributed by atoms with Gasteiger partial charge in [-0.3, -0.25) is 14.9 Å². The summed E-state index contributed by atoms with van der Waals surface area (Å²) in [6.45, 7) is 2.17. The fraction of sp³-hybridized carbons (Fsp3) is 0.500. The average molecular weight is 272 g/mol. The van der Waals surface area contributed by atoms with Crippen LogP contribution in [0.1, 0.15) is 48.6 Å². The monoisotopic (exact) mass is 272 g/mol. The van der Waals surface area contributed by atoms with Gasteiger partial charge in [0.1, 0.15) is 0 Å². The number of imide groups is 1. The number of carbonyl (C=O) groups is 2. The summed E-state index contributed by atoms with van der Waals surface area (Å²) in [5.74, 6) is 0.148. The summed E-state index contributed by atoms with van der Waals surface area (Å²) in [5, 5.41) is 5.79. The van der Waals surface area contributed by atoms with Gasteiger partial charge in [0.15, 0.2) is 0 Å². The van der Waals surface area contributed by atoms with Crippen LogP contribution in [0.5, 0.6) is 0 Å². The summed E-state index contributed by atoms with van der Waals surface area (Å²) in [7, 11) is 0. The van der Waals surface area contributed by atoms with Crippen LogP contribution in [-0.2, 0) is 9.59 Å². The van der Waals surface area contributed by atoms with Gasteiger partial charge in [-0.1, -0.05) is 24.3 Å². The molecule has 0 bridgehead atoms. The lowest BCUT2D eigenvalue weighted by Crippen LogP contribution is -2.39. The molecule has 2 amide bonds. The molecule has 2 N–H and O–H groups in total. The molecule has 4 heteroatoms. The Kier molecular flexibility index (Phi) is 3.83. The fourth-order valence-electron chi connectivity index (χ4n) is 3.17. The first-order valence-corrected chi connectivity index (χ1v) is 7.38. The minimum Gasteiger partial charge on any atom is -0.317 e. The SMILES string of the molecule is O=C1CCC(c2ccc(C3CCNCC3)cc2)C(=O)N1. The van der Waals surface area contributed by atoms with Crippen molar-refractivity contribution in [1.82, 2.24) is 10.6 Å². The Bertz CT molecular complexity index is 504. The highest BCUT2D eigenvalue weighted by molar-refractivity contribution is 6.00. The lowest BCUT2D eigenvalue weighted by atomic mass is 9.86. The van der Waals surface area contributed by atoms with Crippen LogP contribution < -0.4 is 10.6 Å². The Hall–Kier alpha value is -1.68. The van der Waals surface area contributed by atoms with Gasteiger partial charge in [-0.15, -0.1) is 0 Å². The zero-order chi connectivity index (χ0) is 13.9. The molecule has 3 rings (SSSR count). The summed E-state index contributed by atoms with van der Waals surface area (Å²) in [5.41, 5.74) is 2.38. The van der Waals surface area contributed by atoms with Crippen molar-refractivity contribution in [2.24, 2.45) is 0 Å².